The highest BCUT2D eigenvalue weighted by Gasteiger charge is 2.36. The van der Waals surface area contributed by atoms with Crippen molar-refractivity contribution in [3.63, 3.8) is 0 Å². The van der Waals surface area contributed by atoms with E-state index < -0.39 is 0 Å². The number of ketones is 1. The summed E-state index contributed by atoms with van der Waals surface area (Å²) in [6.07, 6.45) is 10.6. The first kappa shape index (κ1) is 38.1. The summed E-state index contributed by atoms with van der Waals surface area (Å²) in [4.78, 5) is 73.6. The van der Waals surface area contributed by atoms with Crippen molar-refractivity contribution < 1.29 is 28.8 Å². The highest BCUT2D eigenvalue weighted by atomic mass is 32.2. The summed E-state index contributed by atoms with van der Waals surface area (Å²) in [5, 5.41) is 2.50. The van der Waals surface area contributed by atoms with Crippen molar-refractivity contribution in [2.45, 2.75) is 121 Å². The van der Waals surface area contributed by atoms with Crippen LogP contribution >= 0.6 is 23.5 Å². The molecule has 240 valence electrons. The van der Waals surface area contributed by atoms with Crippen LogP contribution in [-0.4, -0.2) is 87.8 Å². The van der Waals surface area contributed by atoms with Crippen molar-refractivity contribution >= 4 is 58.8 Å². The lowest BCUT2D eigenvalue weighted by Crippen LogP contribution is -2.26. The Bertz CT molecular complexity index is 900. The summed E-state index contributed by atoms with van der Waals surface area (Å²) in [7, 11) is 3.07. The van der Waals surface area contributed by atoms with Crippen LogP contribution in [0.4, 0.5) is 0 Å². The maximum absolute atomic E-state index is 12.3. The van der Waals surface area contributed by atoms with E-state index in [-0.39, 0.29) is 40.0 Å². The smallest absolute Gasteiger partial charge is 0.242 e. The van der Waals surface area contributed by atoms with Crippen molar-refractivity contribution in [2.75, 3.05) is 32.1 Å². The number of rotatable bonds is 21. The van der Waals surface area contributed by atoms with E-state index in [4.69, 9.17) is 0 Å². The molecule has 2 aliphatic heterocycles. The summed E-state index contributed by atoms with van der Waals surface area (Å²) >= 11 is 3.09. The highest BCUT2D eigenvalue weighted by Crippen LogP contribution is 2.26. The third-order valence-electron chi connectivity index (χ3n) is 7.49. The number of imide groups is 2. The van der Waals surface area contributed by atoms with Crippen molar-refractivity contribution in [3.8, 4) is 0 Å². The quantitative estimate of drug-likeness (QED) is 0.140. The van der Waals surface area contributed by atoms with Gasteiger partial charge in [-0.05, 0) is 49.5 Å². The Hall–Kier alpha value is -1.88. The minimum atomic E-state index is -0.241. The third-order valence-corrected chi connectivity index (χ3v) is 10.1. The summed E-state index contributed by atoms with van der Waals surface area (Å²) in [5.41, 5.74) is 0. The SMILES string of the molecule is CC.C[C@H](CCCCNC(=O)CCCCCSC1CC(=O)N(C)C1=O)CC(=O)CCCCCSC1CC(=O)N(C)C1=O. The van der Waals surface area contributed by atoms with Gasteiger partial charge < -0.3 is 5.32 Å². The molecular formula is C31H53N3O6S2. The van der Waals surface area contributed by atoms with Gasteiger partial charge >= 0.3 is 0 Å². The first-order valence-corrected chi connectivity index (χ1v) is 17.8. The molecule has 9 nitrogen and oxygen atoms in total. The number of likely N-dealkylation sites (tertiary alicyclic amines) is 2. The predicted octanol–water partition coefficient (Wildman–Crippen LogP) is 5.00. The second kappa shape index (κ2) is 21.8. The fourth-order valence-corrected chi connectivity index (χ4v) is 7.28. The first-order chi connectivity index (χ1) is 20.1. The van der Waals surface area contributed by atoms with Crippen molar-refractivity contribution in [2.24, 2.45) is 5.92 Å². The number of thioether (sulfide) groups is 2. The normalized spacial score (nSPS) is 19.3. The Kier molecular flexibility index (Phi) is 19.8. The Labute approximate surface area is 261 Å². The van der Waals surface area contributed by atoms with Crippen LogP contribution in [0.2, 0.25) is 0 Å². The van der Waals surface area contributed by atoms with Crippen LogP contribution in [0.5, 0.6) is 0 Å². The fourth-order valence-electron chi connectivity index (χ4n) is 4.85. The van der Waals surface area contributed by atoms with Gasteiger partial charge in [0.05, 0.1) is 10.5 Å². The van der Waals surface area contributed by atoms with E-state index >= 15 is 0 Å². The second-order valence-electron chi connectivity index (χ2n) is 11.0. The lowest BCUT2D eigenvalue weighted by Gasteiger charge is -2.11. The van der Waals surface area contributed by atoms with E-state index in [0.29, 0.717) is 50.4 Å². The lowest BCUT2D eigenvalue weighted by atomic mass is 9.96. The Balaban J connectivity index is 0.00000431. The van der Waals surface area contributed by atoms with Gasteiger partial charge in [-0.15, -0.1) is 23.5 Å². The second-order valence-corrected chi connectivity index (χ2v) is 13.6. The molecule has 2 heterocycles. The molecule has 0 aliphatic carbocycles. The number of Topliss-reactive ketones (excluding diaryl/α,β-unsaturated/α-hetero) is 1. The van der Waals surface area contributed by atoms with Crippen LogP contribution in [0.1, 0.15) is 111 Å². The average Bonchev–Trinajstić information content (AvgIpc) is 3.36. The average molecular weight is 628 g/mol. The van der Waals surface area contributed by atoms with Crippen LogP contribution in [-0.2, 0) is 28.8 Å². The molecule has 0 spiro atoms. The van der Waals surface area contributed by atoms with Crippen LogP contribution in [0, 0.1) is 5.92 Å². The molecule has 2 aliphatic rings. The minimum Gasteiger partial charge on any atom is -0.356 e. The van der Waals surface area contributed by atoms with Gasteiger partial charge in [-0.25, -0.2) is 0 Å². The first-order valence-electron chi connectivity index (χ1n) is 15.7. The number of amides is 5. The van der Waals surface area contributed by atoms with Gasteiger partial charge in [0.15, 0.2) is 0 Å². The third kappa shape index (κ3) is 14.5. The molecule has 2 rings (SSSR count). The predicted molar refractivity (Wildman–Crippen MR) is 171 cm³/mol. The van der Waals surface area contributed by atoms with Crippen molar-refractivity contribution in [1.29, 1.82) is 0 Å². The number of nitrogens with zero attached hydrogens (tertiary/aromatic N) is 2. The molecule has 42 heavy (non-hydrogen) atoms. The number of carbonyl (C=O) groups is 6. The zero-order valence-corrected chi connectivity index (χ0v) is 28.0. The van der Waals surface area contributed by atoms with Crippen LogP contribution in [0.3, 0.4) is 0 Å². The molecule has 1 N–H and O–H groups in total. The Morgan fingerprint density at radius 2 is 1.26 bits per heavy atom. The fraction of sp³-hybridized carbons (Fsp3) is 0.806. The standard InChI is InChI=1S/C29H47N3O6S2.C2H6/c1-21(18-22(33)13-6-4-10-16-39-23-19-26(35)31(2)28(23)37)12-8-9-15-30-25(34)14-7-5-11-17-40-24-20-27(36)32(3)29(24)38;1-2/h21,23-24H,4-20H2,1-3H3,(H,30,34);1-2H3/t21-,23?,24?;/m1./s1. The number of carbonyl (C=O) groups excluding carboxylic acids is 6. The number of nitrogens with one attached hydrogen (secondary N) is 1. The topological polar surface area (TPSA) is 121 Å². The van der Waals surface area contributed by atoms with Gasteiger partial charge in [0.25, 0.3) is 0 Å². The summed E-state index contributed by atoms with van der Waals surface area (Å²) in [6, 6.07) is 0. The van der Waals surface area contributed by atoms with E-state index in [9.17, 15) is 28.8 Å². The molecule has 2 unspecified atom stereocenters. The van der Waals surface area contributed by atoms with Gasteiger partial charge in [0.2, 0.25) is 29.5 Å². The van der Waals surface area contributed by atoms with Crippen molar-refractivity contribution in [1.82, 2.24) is 15.1 Å². The molecular weight excluding hydrogens is 574 g/mol. The van der Waals surface area contributed by atoms with Gasteiger partial charge in [0.1, 0.15) is 5.78 Å². The molecule has 0 saturated carbocycles. The molecule has 0 bridgehead atoms. The van der Waals surface area contributed by atoms with Crippen LogP contribution in [0.25, 0.3) is 0 Å². The molecule has 0 aromatic heterocycles. The summed E-state index contributed by atoms with van der Waals surface area (Å²) in [6.45, 7) is 6.77. The molecule has 5 amide bonds. The van der Waals surface area contributed by atoms with E-state index in [1.54, 1.807) is 23.5 Å². The molecule has 0 aromatic carbocycles. The monoisotopic (exact) mass is 627 g/mol. The minimum absolute atomic E-state index is 0.0724. The number of hydrogen-bond acceptors (Lipinski definition) is 8. The molecule has 0 aromatic rings. The molecule has 0 radical (unpaired) electrons. The number of hydrogen-bond donors (Lipinski definition) is 1. The zero-order chi connectivity index (χ0) is 31.5. The zero-order valence-electron chi connectivity index (χ0n) is 26.4. The number of unbranched alkanes of at least 4 members (excludes halogenated alkanes) is 5. The maximum Gasteiger partial charge on any atom is 0.242 e. The lowest BCUT2D eigenvalue weighted by molar-refractivity contribution is -0.138. The van der Waals surface area contributed by atoms with Gasteiger partial charge in [-0.1, -0.05) is 46.5 Å². The molecule has 3 atom stereocenters. The molecule has 2 fully saturated rings. The largest absolute Gasteiger partial charge is 0.356 e. The Morgan fingerprint density at radius 3 is 1.74 bits per heavy atom. The van der Waals surface area contributed by atoms with Gasteiger partial charge in [-0.2, -0.15) is 0 Å². The Morgan fingerprint density at radius 1 is 0.762 bits per heavy atom. The van der Waals surface area contributed by atoms with E-state index in [1.165, 1.54) is 23.9 Å². The summed E-state index contributed by atoms with van der Waals surface area (Å²) in [5.74, 6) is 1.99. The van der Waals surface area contributed by atoms with Gasteiger partial charge in [0, 0.05) is 52.7 Å². The molecule has 2 saturated heterocycles. The maximum atomic E-state index is 12.3. The van der Waals surface area contributed by atoms with E-state index in [2.05, 4.69) is 12.2 Å². The highest BCUT2D eigenvalue weighted by molar-refractivity contribution is 8.00. The van der Waals surface area contributed by atoms with Crippen molar-refractivity contribution in [3.05, 3.63) is 0 Å². The van der Waals surface area contributed by atoms with E-state index in [1.807, 2.05) is 13.8 Å². The van der Waals surface area contributed by atoms with Crippen LogP contribution < -0.4 is 5.32 Å². The molecule has 11 heteroatoms. The van der Waals surface area contributed by atoms with Crippen LogP contribution in [0.15, 0.2) is 0 Å². The van der Waals surface area contributed by atoms with Gasteiger partial charge in [-0.3, -0.25) is 38.6 Å². The van der Waals surface area contributed by atoms with E-state index in [0.717, 1.165) is 69.3 Å². The summed E-state index contributed by atoms with van der Waals surface area (Å²) < 4.78 is 0.